The van der Waals surface area contributed by atoms with Crippen molar-refractivity contribution in [3.8, 4) is 0 Å². The Hall–Kier alpha value is -1.39. The van der Waals surface area contributed by atoms with E-state index in [9.17, 15) is 4.79 Å². The van der Waals surface area contributed by atoms with Crippen LogP contribution in [0.4, 0.5) is 0 Å². The summed E-state index contributed by atoms with van der Waals surface area (Å²) in [5.74, 6) is -0.228. The van der Waals surface area contributed by atoms with E-state index in [0.717, 1.165) is 25.8 Å². The van der Waals surface area contributed by atoms with Crippen LogP contribution in [0.3, 0.4) is 0 Å². The lowest BCUT2D eigenvalue weighted by Gasteiger charge is -2.17. The number of hydrogen-bond acceptors (Lipinski definition) is 4. The summed E-state index contributed by atoms with van der Waals surface area (Å²) in [5, 5.41) is 3.16. The molecule has 118 valence electrons. The summed E-state index contributed by atoms with van der Waals surface area (Å²) in [7, 11) is 0. The lowest BCUT2D eigenvalue weighted by molar-refractivity contribution is -0.147. The SMILES string of the molecule is CCCNC(COCCCc1ccccc1)C(=O)OCC. The van der Waals surface area contributed by atoms with Gasteiger partial charge in [0.2, 0.25) is 0 Å². The Morgan fingerprint density at radius 3 is 2.67 bits per heavy atom. The molecule has 0 amide bonds. The van der Waals surface area contributed by atoms with Crippen LogP contribution in [0.2, 0.25) is 0 Å². The third kappa shape index (κ3) is 7.83. The zero-order chi connectivity index (χ0) is 15.3. The molecule has 1 atom stereocenters. The predicted molar refractivity (Wildman–Crippen MR) is 84.3 cm³/mol. The maximum Gasteiger partial charge on any atom is 0.325 e. The minimum atomic E-state index is -0.360. The average molecular weight is 293 g/mol. The molecule has 0 radical (unpaired) electrons. The highest BCUT2D eigenvalue weighted by atomic mass is 16.5. The third-order valence-electron chi connectivity index (χ3n) is 3.09. The lowest BCUT2D eigenvalue weighted by atomic mass is 10.1. The molecule has 0 aliphatic rings. The van der Waals surface area contributed by atoms with Crippen LogP contribution in [0.1, 0.15) is 32.3 Å². The standard InChI is InChI=1S/C17H27NO3/c1-3-12-18-16(17(19)21-4-2)14-20-13-8-11-15-9-6-5-7-10-15/h5-7,9-10,16,18H,3-4,8,11-14H2,1-2H3. The van der Waals surface area contributed by atoms with Gasteiger partial charge in [-0.1, -0.05) is 37.3 Å². The number of rotatable bonds is 11. The van der Waals surface area contributed by atoms with Crippen LogP contribution in [-0.4, -0.2) is 38.4 Å². The zero-order valence-corrected chi connectivity index (χ0v) is 13.1. The van der Waals surface area contributed by atoms with Crippen LogP contribution in [0.5, 0.6) is 0 Å². The van der Waals surface area contributed by atoms with E-state index >= 15 is 0 Å². The number of nitrogens with one attached hydrogen (secondary N) is 1. The maximum absolute atomic E-state index is 11.8. The average Bonchev–Trinajstić information content (AvgIpc) is 2.51. The van der Waals surface area contributed by atoms with Crippen LogP contribution in [0, 0.1) is 0 Å². The van der Waals surface area contributed by atoms with Crippen molar-refractivity contribution < 1.29 is 14.3 Å². The molecule has 0 heterocycles. The molecule has 1 N–H and O–H groups in total. The van der Waals surface area contributed by atoms with Crippen LogP contribution >= 0.6 is 0 Å². The molecule has 0 saturated carbocycles. The fourth-order valence-electron chi connectivity index (χ4n) is 2.00. The predicted octanol–water partition coefficient (Wildman–Crippen LogP) is 2.57. The molecule has 0 aromatic heterocycles. The Morgan fingerprint density at radius 1 is 1.24 bits per heavy atom. The quantitative estimate of drug-likeness (QED) is 0.503. The Balaban J connectivity index is 2.21. The van der Waals surface area contributed by atoms with Gasteiger partial charge >= 0.3 is 5.97 Å². The molecule has 1 aromatic carbocycles. The summed E-state index contributed by atoms with van der Waals surface area (Å²) < 4.78 is 10.7. The summed E-state index contributed by atoms with van der Waals surface area (Å²) >= 11 is 0. The van der Waals surface area contributed by atoms with Crippen molar-refractivity contribution in [3.05, 3.63) is 35.9 Å². The Labute approximate surface area is 127 Å². The van der Waals surface area contributed by atoms with Gasteiger partial charge in [-0.25, -0.2) is 0 Å². The number of hydrogen-bond donors (Lipinski definition) is 1. The summed E-state index contributed by atoms with van der Waals surface area (Å²) in [5.41, 5.74) is 1.31. The first-order valence-electron chi connectivity index (χ1n) is 7.79. The number of benzene rings is 1. The van der Waals surface area contributed by atoms with E-state index in [1.807, 2.05) is 25.1 Å². The number of ether oxygens (including phenoxy) is 2. The molecule has 1 unspecified atom stereocenters. The van der Waals surface area contributed by atoms with Crippen molar-refractivity contribution in [2.45, 2.75) is 39.2 Å². The van der Waals surface area contributed by atoms with Crippen molar-refractivity contribution in [1.29, 1.82) is 0 Å². The van der Waals surface area contributed by atoms with Gasteiger partial charge in [0.05, 0.1) is 13.2 Å². The van der Waals surface area contributed by atoms with Gasteiger partial charge in [-0.2, -0.15) is 0 Å². The van der Waals surface area contributed by atoms with Gasteiger partial charge in [0.1, 0.15) is 6.04 Å². The van der Waals surface area contributed by atoms with Gasteiger partial charge in [-0.15, -0.1) is 0 Å². The lowest BCUT2D eigenvalue weighted by Crippen LogP contribution is -2.42. The summed E-state index contributed by atoms with van der Waals surface area (Å²) in [6.45, 7) is 6.09. The van der Waals surface area contributed by atoms with E-state index in [-0.39, 0.29) is 12.0 Å². The highest BCUT2D eigenvalue weighted by Crippen LogP contribution is 2.02. The van der Waals surface area contributed by atoms with Gasteiger partial charge in [0.15, 0.2) is 0 Å². The largest absolute Gasteiger partial charge is 0.465 e. The maximum atomic E-state index is 11.8. The van der Waals surface area contributed by atoms with E-state index < -0.39 is 0 Å². The van der Waals surface area contributed by atoms with E-state index in [1.54, 1.807) is 0 Å². The molecule has 0 bridgehead atoms. The van der Waals surface area contributed by atoms with E-state index in [4.69, 9.17) is 9.47 Å². The third-order valence-corrected chi connectivity index (χ3v) is 3.09. The van der Waals surface area contributed by atoms with Gasteiger partial charge in [0, 0.05) is 6.61 Å². The fourth-order valence-corrected chi connectivity index (χ4v) is 2.00. The molecule has 0 aliphatic heterocycles. The zero-order valence-electron chi connectivity index (χ0n) is 13.1. The first-order valence-corrected chi connectivity index (χ1v) is 7.79. The number of carbonyl (C=O) groups excluding carboxylic acids is 1. The molecular formula is C17H27NO3. The van der Waals surface area contributed by atoms with E-state index in [1.165, 1.54) is 5.56 Å². The summed E-state index contributed by atoms with van der Waals surface area (Å²) in [6, 6.07) is 9.97. The molecule has 0 saturated heterocycles. The molecule has 1 rings (SSSR count). The molecule has 21 heavy (non-hydrogen) atoms. The molecule has 1 aromatic rings. The van der Waals surface area contributed by atoms with Gasteiger partial charge in [0.25, 0.3) is 0 Å². The smallest absolute Gasteiger partial charge is 0.325 e. The molecule has 0 spiro atoms. The second-order valence-corrected chi connectivity index (χ2v) is 4.92. The van der Waals surface area contributed by atoms with Crippen molar-refractivity contribution in [3.63, 3.8) is 0 Å². The first-order chi connectivity index (χ1) is 10.3. The van der Waals surface area contributed by atoms with Crippen molar-refractivity contribution in [2.75, 3.05) is 26.4 Å². The normalized spacial score (nSPS) is 12.1. The Morgan fingerprint density at radius 2 is 2.00 bits per heavy atom. The summed E-state index contributed by atoms with van der Waals surface area (Å²) in [6.07, 6.45) is 2.92. The molecule has 0 fully saturated rings. The van der Waals surface area contributed by atoms with E-state index in [0.29, 0.717) is 19.8 Å². The highest BCUT2D eigenvalue weighted by molar-refractivity contribution is 5.75. The van der Waals surface area contributed by atoms with Crippen molar-refractivity contribution in [2.24, 2.45) is 0 Å². The number of esters is 1. The van der Waals surface area contributed by atoms with Gasteiger partial charge in [-0.05, 0) is 38.3 Å². The Bertz CT molecular complexity index is 381. The van der Waals surface area contributed by atoms with Gasteiger partial charge < -0.3 is 14.8 Å². The van der Waals surface area contributed by atoms with Crippen molar-refractivity contribution >= 4 is 5.97 Å². The summed E-state index contributed by atoms with van der Waals surface area (Å²) in [4.78, 5) is 11.8. The highest BCUT2D eigenvalue weighted by Gasteiger charge is 2.18. The topological polar surface area (TPSA) is 47.6 Å². The first kappa shape index (κ1) is 17.7. The fraction of sp³-hybridized carbons (Fsp3) is 0.588. The van der Waals surface area contributed by atoms with Crippen LogP contribution in [-0.2, 0) is 20.7 Å². The van der Waals surface area contributed by atoms with Crippen LogP contribution < -0.4 is 5.32 Å². The van der Waals surface area contributed by atoms with E-state index in [2.05, 4.69) is 24.4 Å². The number of aryl methyl sites for hydroxylation is 1. The molecule has 4 nitrogen and oxygen atoms in total. The molecule has 4 heteroatoms. The van der Waals surface area contributed by atoms with Crippen LogP contribution in [0.25, 0.3) is 0 Å². The minimum absolute atomic E-state index is 0.228. The molecule has 0 aliphatic carbocycles. The Kier molecular flexibility index (Phi) is 9.49. The number of carbonyl (C=O) groups is 1. The second-order valence-electron chi connectivity index (χ2n) is 4.92. The minimum Gasteiger partial charge on any atom is -0.465 e. The second kappa shape index (κ2) is 11.3. The van der Waals surface area contributed by atoms with Gasteiger partial charge in [-0.3, -0.25) is 4.79 Å². The monoisotopic (exact) mass is 293 g/mol. The van der Waals surface area contributed by atoms with Crippen molar-refractivity contribution in [1.82, 2.24) is 5.32 Å². The molecular weight excluding hydrogens is 266 g/mol. The van der Waals surface area contributed by atoms with Crippen LogP contribution in [0.15, 0.2) is 30.3 Å².